The van der Waals surface area contributed by atoms with Crippen molar-refractivity contribution in [2.45, 2.75) is 85.2 Å². The van der Waals surface area contributed by atoms with Gasteiger partial charge >= 0.3 is 0 Å². The first-order chi connectivity index (χ1) is 9.22. The lowest BCUT2D eigenvalue weighted by Crippen LogP contribution is -2.16. The van der Waals surface area contributed by atoms with E-state index in [1.165, 1.54) is 0 Å². The molecular weight excluding hydrogens is 252 g/mol. The summed E-state index contributed by atoms with van der Waals surface area (Å²) in [5.41, 5.74) is 0.227. The highest BCUT2D eigenvalue weighted by Gasteiger charge is 2.19. The zero-order chi connectivity index (χ0) is 15.6. The SMILES string of the molecule is CC(C)(CC=O)CCCC(O)CCCC(C)(C)CCO. The van der Waals surface area contributed by atoms with Crippen LogP contribution in [0.3, 0.4) is 0 Å². The van der Waals surface area contributed by atoms with Crippen molar-refractivity contribution in [3.05, 3.63) is 0 Å². The molecule has 2 N–H and O–H groups in total. The zero-order valence-corrected chi connectivity index (χ0v) is 13.8. The number of carbonyl (C=O) groups is 1. The third kappa shape index (κ3) is 10.4. The van der Waals surface area contributed by atoms with E-state index in [4.69, 9.17) is 5.11 Å². The van der Waals surface area contributed by atoms with Gasteiger partial charge in [-0.2, -0.15) is 0 Å². The monoisotopic (exact) mass is 286 g/mol. The lowest BCUT2D eigenvalue weighted by atomic mass is 9.82. The summed E-state index contributed by atoms with van der Waals surface area (Å²) < 4.78 is 0. The molecule has 120 valence electrons. The van der Waals surface area contributed by atoms with Crippen molar-refractivity contribution in [1.29, 1.82) is 0 Å². The minimum absolute atomic E-state index is 0.0601. The van der Waals surface area contributed by atoms with Crippen molar-refractivity contribution < 1.29 is 15.0 Å². The van der Waals surface area contributed by atoms with Gasteiger partial charge in [-0.25, -0.2) is 0 Å². The molecule has 1 unspecified atom stereocenters. The lowest BCUT2D eigenvalue weighted by Gasteiger charge is -2.24. The van der Waals surface area contributed by atoms with E-state index in [1.807, 2.05) is 0 Å². The molecule has 0 rings (SSSR count). The molecule has 0 heterocycles. The highest BCUT2D eigenvalue weighted by molar-refractivity contribution is 5.50. The van der Waals surface area contributed by atoms with Gasteiger partial charge in [0.15, 0.2) is 0 Å². The standard InChI is InChI=1S/C17H34O3/c1-16(2,11-13-18)9-5-7-15(20)8-6-10-17(3,4)12-14-19/h13,15,19-20H,5-12,14H2,1-4H3. The Morgan fingerprint density at radius 2 is 1.45 bits per heavy atom. The van der Waals surface area contributed by atoms with E-state index < -0.39 is 0 Å². The summed E-state index contributed by atoms with van der Waals surface area (Å²) in [4.78, 5) is 10.5. The van der Waals surface area contributed by atoms with Crippen LogP contribution in [-0.4, -0.2) is 29.2 Å². The first kappa shape index (κ1) is 19.6. The van der Waals surface area contributed by atoms with Crippen LogP contribution in [0.5, 0.6) is 0 Å². The van der Waals surface area contributed by atoms with Gasteiger partial charge < -0.3 is 15.0 Å². The number of aliphatic hydroxyl groups is 2. The second kappa shape index (κ2) is 9.51. The Hall–Kier alpha value is -0.410. The highest BCUT2D eigenvalue weighted by Crippen LogP contribution is 2.29. The van der Waals surface area contributed by atoms with E-state index in [0.717, 1.165) is 51.2 Å². The maximum atomic E-state index is 10.5. The fraction of sp³-hybridized carbons (Fsp3) is 0.941. The Labute approximate surface area is 124 Å². The normalized spacial score (nSPS) is 14.3. The van der Waals surface area contributed by atoms with Gasteiger partial charge in [-0.1, -0.05) is 40.5 Å². The van der Waals surface area contributed by atoms with Gasteiger partial charge in [-0.05, 0) is 42.9 Å². The first-order valence-corrected chi connectivity index (χ1v) is 7.95. The van der Waals surface area contributed by atoms with Gasteiger partial charge in [0.1, 0.15) is 6.29 Å². The molecule has 0 bridgehead atoms. The molecule has 3 nitrogen and oxygen atoms in total. The summed E-state index contributed by atoms with van der Waals surface area (Å²) in [5, 5.41) is 19.0. The average Bonchev–Trinajstić information content (AvgIpc) is 2.27. The predicted molar refractivity (Wildman–Crippen MR) is 83.7 cm³/mol. The lowest BCUT2D eigenvalue weighted by molar-refractivity contribution is -0.109. The van der Waals surface area contributed by atoms with Crippen LogP contribution in [0, 0.1) is 10.8 Å². The molecular formula is C17H34O3. The molecule has 0 aliphatic rings. The van der Waals surface area contributed by atoms with Gasteiger partial charge in [0.2, 0.25) is 0 Å². The molecule has 0 aromatic rings. The fourth-order valence-corrected chi connectivity index (χ4v) is 2.53. The molecule has 0 aliphatic heterocycles. The average molecular weight is 286 g/mol. The van der Waals surface area contributed by atoms with E-state index in [2.05, 4.69) is 27.7 Å². The number of hydrogen-bond acceptors (Lipinski definition) is 3. The van der Waals surface area contributed by atoms with Crippen molar-refractivity contribution in [1.82, 2.24) is 0 Å². The number of rotatable bonds is 12. The van der Waals surface area contributed by atoms with E-state index in [0.29, 0.717) is 6.42 Å². The second-order valence-electron chi connectivity index (χ2n) is 7.61. The van der Waals surface area contributed by atoms with Crippen molar-refractivity contribution in [2.75, 3.05) is 6.61 Å². The second-order valence-corrected chi connectivity index (χ2v) is 7.61. The van der Waals surface area contributed by atoms with Gasteiger partial charge in [-0.3, -0.25) is 0 Å². The van der Waals surface area contributed by atoms with Gasteiger partial charge in [0, 0.05) is 13.0 Å². The molecule has 0 fully saturated rings. The molecule has 3 heteroatoms. The third-order valence-corrected chi connectivity index (χ3v) is 4.21. The minimum atomic E-state index is -0.230. The summed E-state index contributed by atoms with van der Waals surface area (Å²) in [6, 6.07) is 0. The van der Waals surface area contributed by atoms with Crippen molar-refractivity contribution in [3.63, 3.8) is 0 Å². The smallest absolute Gasteiger partial charge is 0.120 e. The molecule has 0 aliphatic carbocycles. The van der Waals surface area contributed by atoms with Crippen LogP contribution in [-0.2, 0) is 4.79 Å². The minimum Gasteiger partial charge on any atom is -0.396 e. The Bertz CT molecular complexity index is 259. The van der Waals surface area contributed by atoms with E-state index in [-0.39, 0.29) is 23.5 Å². The fourth-order valence-electron chi connectivity index (χ4n) is 2.53. The van der Waals surface area contributed by atoms with Crippen molar-refractivity contribution in [3.8, 4) is 0 Å². The maximum absolute atomic E-state index is 10.5. The number of aldehydes is 1. The quantitative estimate of drug-likeness (QED) is 0.538. The highest BCUT2D eigenvalue weighted by atomic mass is 16.3. The molecule has 0 aromatic carbocycles. The predicted octanol–water partition coefficient (Wildman–Crippen LogP) is 3.71. The van der Waals surface area contributed by atoms with Crippen molar-refractivity contribution in [2.24, 2.45) is 10.8 Å². The Kier molecular flexibility index (Phi) is 9.32. The summed E-state index contributed by atoms with van der Waals surface area (Å²) in [6.07, 6.45) is 7.84. The number of hydrogen-bond donors (Lipinski definition) is 2. The molecule has 0 saturated heterocycles. The van der Waals surface area contributed by atoms with Crippen LogP contribution >= 0.6 is 0 Å². The Morgan fingerprint density at radius 1 is 0.950 bits per heavy atom. The first-order valence-electron chi connectivity index (χ1n) is 7.95. The molecule has 0 radical (unpaired) electrons. The summed E-state index contributed by atoms with van der Waals surface area (Å²) in [7, 11) is 0. The topological polar surface area (TPSA) is 57.5 Å². The van der Waals surface area contributed by atoms with E-state index >= 15 is 0 Å². The van der Waals surface area contributed by atoms with E-state index in [9.17, 15) is 9.90 Å². The van der Waals surface area contributed by atoms with Crippen LogP contribution in [0.2, 0.25) is 0 Å². The zero-order valence-electron chi connectivity index (χ0n) is 13.8. The molecule has 20 heavy (non-hydrogen) atoms. The molecule has 0 spiro atoms. The largest absolute Gasteiger partial charge is 0.396 e. The van der Waals surface area contributed by atoms with Crippen LogP contribution < -0.4 is 0 Å². The van der Waals surface area contributed by atoms with Gasteiger partial charge in [-0.15, -0.1) is 0 Å². The number of aliphatic hydroxyl groups excluding tert-OH is 2. The third-order valence-electron chi connectivity index (χ3n) is 4.21. The summed E-state index contributed by atoms with van der Waals surface area (Å²) in [6.45, 7) is 8.77. The molecule has 0 aromatic heterocycles. The molecule has 1 atom stereocenters. The Balaban J connectivity index is 3.74. The summed E-state index contributed by atoms with van der Waals surface area (Å²) >= 11 is 0. The molecule has 0 saturated carbocycles. The van der Waals surface area contributed by atoms with Crippen molar-refractivity contribution >= 4 is 6.29 Å². The molecule has 0 amide bonds. The van der Waals surface area contributed by atoms with Crippen LogP contribution in [0.4, 0.5) is 0 Å². The van der Waals surface area contributed by atoms with Gasteiger partial charge in [0.05, 0.1) is 6.10 Å². The van der Waals surface area contributed by atoms with Crippen LogP contribution in [0.15, 0.2) is 0 Å². The van der Waals surface area contributed by atoms with Crippen LogP contribution in [0.1, 0.15) is 79.1 Å². The van der Waals surface area contributed by atoms with E-state index in [1.54, 1.807) is 0 Å². The summed E-state index contributed by atoms with van der Waals surface area (Å²) in [5.74, 6) is 0. The maximum Gasteiger partial charge on any atom is 0.120 e. The number of carbonyl (C=O) groups excluding carboxylic acids is 1. The van der Waals surface area contributed by atoms with Gasteiger partial charge in [0.25, 0.3) is 0 Å². The Morgan fingerprint density at radius 3 is 1.90 bits per heavy atom. The van der Waals surface area contributed by atoms with Crippen LogP contribution in [0.25, 0.3) is 0 Å².